The molecule has 0 aliphatic carbocycles. The van der Waals surface area contributed by atoms with Crippen molar-refractivity contribution >= 4 is 19.8 Å². The van der Waals surface area contributed by atoms with E-state index in [2.05, 4.69) is 74.6 Å². The highest BCUT2D eigenvalue weighted by Gasteiger charge is 2.27. The second-order valence-corrected chi connectivity index (χ2v) is 21.4. The summed E-state index contributed by atoms with van der Waals surface area (Å²) in [5.41, 5.74) is 0. The SMILES string of the molecule is CCCCCCCCC/C=C/C/C=C/C/C=C/C/C=C/CCCC(=O)OC[C@H](COP(=O)(O)OCC[N+](C)(C)C)OC(=O)CCC/C=C/CCCCCCCCCCCCCCCCCCCC. The number of quaternary nitrogens is 1. The molecule has 0 fully saturated rings. The number of hydrogen-bond donors (Lipinski definition) is 1. The molecule has 0 spiro atoms. The summed E-state index contributed by atoms with van der Waals surface area (Å²) in [7, 11) is 1.43. The lowest BCUT2D eigenvalue weighted by molar-refractivity contribution is -0.870. The van der Waals surface area contributed by atoms with Crippen LogP contribution in [0.3, 0.4) is 0 Å². The van der Waals surface area contributed by atoms with Crippen LogP contribution in [0.4, 0.5) is 0 Å². The predicted molar refractivity (Wildman–Crippen MR) is 289 cm³/mol. The number of phosphoric acid groups is 1. The Bertz CT molecular complexity index is 1340. The summed E-state index contributed by atoms with van der Waals surface area (Å²) < 4.78 is 34.4. The van der Waals surface area contributed by atoms with Gasteiger partial charge in [-0.3, -0.25) is 18.6 Å². The van der Waals surface area contributed by atoms with Crippen LogP contribution in [-0.2, 0) is 32.7 Å². The van der Waals surface area contributed by atoms with Gasteiger partial charge in [-0.15, -0.1) is 0 Å². The molecule has 396 valence electrons. The maximum Gasteiger partial charge on any atom is 0.472 e. The molecule has 9 nitrogen and oxygen atoms in total. The van der Waals surface area contributed by atoms with Crippen molar-refractivity contribution in [2.45, 2.75) is 251 Å². The molecule has 0 amide bonds. The molecule has 0 aliphatic rings. The molecule has 0 aromatic rings. The number of rotatable bonds is 51. The lowest BCUT2D eigenvalue weighted by Crippen LogP contribution is -2.37. The Balaban J connectivity index is 4.31. The summed E-state index contributed by atoms with van der Waals surface area (Å²) >= 11 is 0. The summed E-state index contributed by atoms with van der Waals surface area (Å²) in [5, 5.41) is 0. The fourth-order valence-electron chi connectivity index (χ4n) is 7.66. The highest BCUT2D eigenvalue weighted by atomic mass is 31.2. The van der Waals surface area contributed by atoms with Crippen molar-refractivity contribution in [3.05, 3.63) is 60.8 Å². The van der Waals surface area contributed by atoms with Crippen LogP contribution in [0.2, 0.25) is 0 Å². The number of carbonyl (C=O) groups is 2. The summed E-state index contributed by atoms with van der Waals surface area (Å²) in [6, 6.07) is 0. The first-order chi connectivity index (χ1) is 33.0. The molecule has 10 heteroatoms. The molecule has 68 heavy (non-hydrogen) atoms. The Morgan fingerprint density at radius 1 is 0.456 bits per heavy atom. The third kappa shape index (κ3) is 53.1. The molecule has 1 N–H and O–H groups in total. The van der Waals surface area contributed by atoms with Gasteiger partial charge in [-0.25, -0.2) is 4.57 Å². The lowest BCUT2D eigenvalue weighted by atomic mass is 10.0. The Morgan fingerprint density at radius 3 is 1.19 bits per heavy atom. The second-order valence-electron chi connectivity index (χ2n) is 20.0. The number of unbranched alkanes of at least 4 members (excludes halogenated alkanes) is 27. The van der Waals surface area contributed by atoms with Crippen LogP contribution < -0.4 is 0 Å². The number of ether oxygens (including phenoxy) is 2. The lowest BCUT2D eigenvalue weighted by Gasteiger charge is -2.24. The summed E-state index contributed by atoms with van der Waals surface area (Å²) in [5.74, 6) is -0.896. The molecule has 0 bridgehead atoms. The van der Waals surface area contributed by atoms with Gasteiger partial charge in [0.1, 0.15) is 19.8 Å². The van der Waals surface area contributed by atoms with Gasteiger partial charge in [-0.05, 0) is 70.6 Å². The van der Waals surface area contributed by atoms with Crippen molar-refractivity contribution in [2.75, 3.05) is 47.5 Å². The van der Waals surface area contributed by atoms with E-state index in [1.807, 2.05) is 21.1 Å². The smallest absolute Gasteiger partial charge is 0.462 e. The molecule has 0 aliphatic heterocycles. The molecule has 0 heterocycles. The van der Waals surface area contributed by atoms with Crippen LogP contribution in [0, 0.1) is 0 Å². The van der Waals surface area contributed by atoms with Crippen molar-refractivity contribution in [3.63, 3.8) is 0 Å². The molecule has 2 atom stereocenters. The van der Waals surface area contributed by atoms with E-state index in [9.17, 15) is 19.0 Å². The molecule has 0 rings (SSSR count). The van der Waals surface area contributed by atoms with Crippen LogP contribution in [0.15, 0.2) is 60.8 Å². The zero-order chi connectivity index (χ0) is 49.9. The molecule has 0 saturated carbocycles. The number of nitrogens with zero attached hydrogens (tertiary/aromatic N) is 1. The van der Waals surface area contributed by atoms with E-state index in [-0.39, 0.29) is 26.1 Å². The summed E-state index contributed by atoms with van der Waals surface area (Å²) in [6.45, 7) is 4.36. The highest BCUT2D eigenvalue weighted by Crippen LogP contribution is 2.43. The zero-order valence-electron chi connectivity index (χ0n) is 44.8. The number of esters is 2. The van der Waals surface area contributed by atoms with Crippen LogP contribution in [0.5, 0.6) is 0 Å². The number of likely N-dealkylation sites (N-methyl/N-ethyl adjacent to an activating group) is 1. The number of phosphoric ester groups is 1. The Kier molecular flexibility index (Phi) is 48.0. The first kappa shape index (κ1) is 65.7. The van der Waals surface area contributed by atoms with Gasteiger partial charge in [-0.1, -0.05) is 222 Å². The Labute approximate surface area is 419 Å². The topological polar surface area (TPSA) is 108 Å². The number of allylic oxidation sites excluding steroid dienone is 10. The molecule has 1 unspecified atom stereocenters. The van der Waals surface area contributed by atoms with Gasteiger partial charge in [-0.2, -0.15) is 0 Å². The minimum Gasteiger partial charge on any atom is -0.462 e. The Morgan fingerprint density at radius 2 is 0.794 bits per heavy atom. The third-order valence-electron chi connectivity index (χ3n) is 12.0. The fraction of sp³-hybridized carbons (Fsp3) is 0.793. The van der Waals surface area contributed by atoms with Crippen LogP contribution in [0.25, 0.3) is 0 Å². The van der Waals surface area contributed by atoms with Crippen LogP contribution >= 0.6 is 7.82 Å². The predicted octanol–water partition coefficient (Wildman–Crippen LogP) is 17.1. The van der Waals surface area contributed by atoms with Crippen molar-refractivity contribution < 1.29 is 42.1 Å². The average molecular weight is 977 g/mol. The van der Waals surface area contributed by atoms with E-state index < -0.39 is 32.5 Å². The van der Waals surface area contributed by atoms with Gasteiger partial charge >= 0.3 is 19.8 Å². The standard InChI is InChI=1S/C58H106NO8P/c1-6-8-10-12-14-16-18-20-22-24-26-28-29-31-33-35-37-39-41-43-45-47-49-51-58(61)67-56(55-66-68(62,63)65-53-52-59(3,4)5)54-64-57(60)50-48-46-44-42-40-38-36-34-32-30-27-25-23-21-19-17-15-13-11-9-7-2/h23,25,30,32,36,38,42-45,56H,6-22,24,26-29,31,33-35,37,39-41,46-55H2,1-5H3/p+1/b25-23+,32-30+,38-36+,44-42+,45-43+/t56-/m1/s1. The number of carbonyl (C=O) groups excluding carboxylic acids is 2. The van der Waals surface area contributed by atoms with E-state index in [0.717, 1.165) is 38.5 Å². The van der Waals surface area contributed by atoms with E-state index in [4.69, 9.17) is 18.5 Å². The first-order valence-corrected chi connectivity index (χ1v) is 29.5. The van der Waals surface area contributed by atoms with Gasteiger partial charge in [0, 0.05) is 12.8 Å². The Hall–Kier alpha value is -2.29. The minimum absolute atomic E-state index is 0.0172. The maximum absolute atomic E-state index is 12.8. The van der Waals surface area contributed by atoms with E-state index in [1.54, 1.807) is 0 Å². The fourth-order valence-corrected chi connectivity index (χ4v) is 8.40. The van der Waals surface area contributed by atoms with Gasteiger partial charge in [0.05, 0.1) is 27.7 Å². The highest BCUT2D eigenvalue weighted by molar-refractivity contribution is 7.47. The molecule has 0 radical (unpaired) electrons. The van der Waals surface area contributed by atoms with Crippen molar-refractivity contribution in [1.29, 1.82) is 0 Å². The van der Waals surface area contributed by atoms with Crippen molar-refractivity contribution in [1.82, 2.24) is 0 Å². The quantitative estimate of drug-likeness (QED) is 0.0211. The minimum atomic E-state index is -4.40. The monoisotopic (exact) mass is 977 g/mol. The van der Waals surface area contributed by atoms with Gasteiger partial charge in [0.2, 0.25) is 0 Å². The van der Waals surface area contributed by atoms with E-state index in [0.29, 0.717) is 23.9 Å². The molecule has 0 aromatic carbocycles. The maximum atomic E-state index is 12.8. The average Bonchev–Trinajstić information content (AvgIpc) is 3.30. The summed E-state index contributed by atoms with van der Waals surface area (Å²) in [4.78, 5) is 35.6. The molecule has 0 saturated heterocycles. The molecule has 0 aromatic heterocycles. The second kappa shape index (κ2) is 49.7. The molecular formula is C58H107NO8P+. The van der Waals surface area contributed by atoms with E-state index in [1.165, 1.54) is 167 Å². The zero-order valence-corrected chi connectivity index (χ0v) is 45.7. The van der Waals surface area contributed by atoms with Crippen LogP contribution in [0.1, 0.15) is 245 Å². The van der Waals surface area contributed by atoms with Gasteiger partial charge in [0.25, 0.3) is 0 Å². The van der Waals surface area contributed by atoms with Crippen LogP contribution in [-0.4, -0.2) is 74.9 Å². The number of hydrogen-bond acceptors (Lipinski definition) is 7. The summed E-state index contributed by atoms with van der Waals surface area (Å²) in [6.07, 6.45) is 63.1. The van der Waals surface area contributed by atoms with E-state index >= 15 is 0 Å². The molecular weight excluding hydrogens is 870 g/mol. The normalized spacial score (nSPS) is 13.8. The van der Waals surface area contributed by atoms with Gasteiger partial charge in [0.15, 0.2) is 6.10 Å². The largest absolute Gasteiger partial charge is 0.472 e. The first-order valence-electron chi connectivity index (χ1n) is 28.0. The third-order valence-corrected chi connectivity index (χ3v) is 13.0. The van der Waals surface area contributed by atoms with Crippen molar-refractivity contribution in [3.8, 4) is 0 Å². The van der Waals surface area contributed by atoms with Gasteiger partial charge < -0.3 is 18.9 Å². The van der Waals surface area contributed by atoms with Crippen molar-refractivity contribution in [2.24, 2.45) is 0 Å².